The number of fused-ring (bicyclic) bond motifs is 6. The average Bonchev–Trinajstić information content (AvgIpc) is 3.42. The largest absolute Gasteiger partial charge is 0.481 e. The standard InChI is InChI=1S/C32H50O6/c1-18(2)9-8-12-31(27(36)37)17-32(31)24-15-23(35)26-28(5)13-11-22(34)19(3)21(28)10-14-29(26,6)30(24,7)16-25(32)38-20(4)33/h9,19,21-26,34-35H,8,10-17H2,1-7H3,(H,36,37)/t19-,21-,22+,23+,24+,25-,26-,28-,29-,30-,31+,32-/m0/s1. The van der Waals surface area contributed by atoms with E-state index in [0.717, 1.165) is 25.7 Å². The van der Waals surface area contributed by atoms with Crippen LogP contribution >= 0.6 is 0 Å². The lowest BCUT2D eigenvalue weighted by atomic mass is 9.36. The summed E-state index contributed by atoms with van der Waals surface area (Å²) < 4.78 is 6.07. The monoisotopic (exact) mass is 530 g/mol. The SMILES string of the molecule is CC(=O)O[C@H]1C[C@@]2(C)[C@@H](C[C@@H](O)[C@H]3[C@@]4(C)CC[C@@H](O)[C@@H](C)[C@@H]4CC[C@@]32C)[C@@]12C[C@]2(CCC=C(C)C)C(=O)O. The van der Waals surface area contributed by atoms with Crippen LogP contribution in [0.25, 0.3) is 0 Å². The Morgan fingerprint density at radius 1 is 1.00 bits per heavy atom. The van der Waals surface area contributed by atoms with Gasteiger partial charge in [-0.3, -0.25) is 9.59 Å². The third-order valence-corrected chi connectivity index (χ3v) is 13.4. The highest BCUT2D eigenvalue weighted by molar-refractivity contribution is 5.81. The molecule has 0 amide bonds. The number of rotatable bonds is 5. The van der Waals surface area contributed by atoms with Crippen molar-refractivity contribution in [3.63, 3.8) is 0 Å². The van der Waals surface area contributed by atoms with Gasteiger partial charge in [0.25, 0.3) is 0 Å². The second-order valence-corrected chi connectivity index (χ2v) is 15.0. The van der Waals surface area contributed by atoms with Gasteiger partial charge in [-0.1, -0.05) is 39.3 Å². The predicted molar refractivity (Wildman–Crippen MR) is 145 cm³/mol. The van der Waals surface area contributed by atoms with E-state index in [-0.39, 0.29) is 46.1 Å². The first-order valence-electron chi connectivity index (χ1n) is 15.0. The van der Waals surface area contributed by atoms with Crippen LogP contribution in [0.5, 0.6) is 0 Å². The van der Waals surface area contributed by atoms with Crippen molar-refractivity contribution in [1.29, 1.82) is 0 Å². The molecule has 0 heterocycles. The molecule has 12 atom stereocenters. The fourth-order valence-electron chi connectivity index (χ4n) is 11.6. The Morgan fingerprint density at radius 2 is 1.68 bits per heavy atom. The van der Waals surface area contributed by atoms with Gasteiger partial charge in [0.05, 0.1) is 17.6 Å². The van der Waals surface area contributed by atoms with Crippen molar-refractivity contribution in [1.82, 2.24) is 0 Å². The topological polar surface area (TPSA) is 104 Å². The molecule has 5 fully saturated rings. The number of aliphatic hydroxyl groups excluding tert-OH is 2. The summed E-state index contributed by atoms with van der Waals surface area (Å²) >= 11 is 0. The molecule has 0 aromatic heterocycles. The van der Waals surface area contributed by atoms with Crippen molar-refractivity contribution in [3.8, 4) is 0 Å². The van der Waals surface area contributed by atoms with Gasteiger partial charge >= 0.3 is 11.9 Å². The molecular formula is C32H50O6. The Labute approximate surface area is 228 Å². The number of aliphatic carboxylic acids is 1. The van der Waals surface area contributed by atoms with E-state index in [4.69, 9.17) is 4.74 Å². The summed E-state index contributed by atoms with van der Waals surface area (Å²) in [5, 5.41) is 33.4. The second kappa shape index (κ2) is 8.80. The van der Waals surface area contributed by atoms with Crippen LogP contribution in [0.2, 0.25) is 0 Å². The maximum absolute atomic E-state index is 13.0. The van der Waals surface area contributed by atoms with Gasteiger partial charge in [0.1, 0.15) is 6.10 Å². The van der Waals surface area contributed by atoms with E-state index in [2.05, 4.69) is 33.8 Å². The zero-order valence-electron chi connectivity index (χ0n) is 24.5. The van der Waals surface area contributed by atoms with Gasteiger partial charge in [-0.2, -0.15) is 0 Å². The molecule has 0 radical (unpaired) electrons. The molecule has 5 saturated carbocycles. The maximum Gasteiger partial charge on any atom is 0.310 e. The third-order valence-electron chi connectivity index (χ3n) is 13.4. The summed E-state index contributed by atoms with van der Waals surface area (Å²) in [6, 6.07) is 0. The predicted octanol–water partition coefficient (Wildman–Crippen LogP) is 5.75. The molecule has 5 rings (SSSR count). The molecule has 6 heteroatoms. The van der Waals surface area contributed by atoms with Gasteiger partial charge in [-0.25, -0.2) is 0 Å². The molecule has 0 aliphatic heterocycles. The van der Waals surface area contributed by atoms with Gasteiger partial charge in [-0.05, 0) is 112 Å². The summed E-state index contributed by atoms with van der Waals surface area (Å²) in [5.74, 6) is -0.514. The maximum atomic E-state index is 13.0. The Balaban J connectivity index is 1.59. The fourth-order valence-corrected chi connectivity index (χ4v) is 11.6. The number of ether oxygens (including phenoxy) is 1. The van der Waals surface area contributed by atoms with E-state index in [9.17, 15) is 24.9 Å². The van der Waals surface area contributed by atoms with Crippen LogP contribution in [0, 0.1) is 50.7 Å². The molecule has 5 aliphatic rings. The first-order chi connectivity index (χ1) is 17.6. The molecule has 0 saturated heterocycles. The highest BCUT2D eigenvalue weighted by atomic mass is 16.5. The summed E-state index contributed by atoms with van der Waals surface area (Å²) in [6.07, 6.45) is 7.42. The zero-order chi connectivity index (χ0) is 28.1. The molecular weight excluding hydrogens is 480 g/mol. The number of esters is 1. The van der Waals surface area contributed by atoms with Crippen LogP contribution in [-0.4, -0.2) is 45.6 Å². The third kappa shape index (κ3) is 3.44. The van der Waals surface area contributed by atoms with Crippen LogP contribution in [0.1, 0.15) is 106 Å². The molecule has 0 unspecified atom stereocenters. The van der Waals surface area contributed by atoms with Gasteiger partial charge in [0, 0.05) is 12.3 Å². The number of carboxylic acid groups (broad SMARTS) is 1. The van der Waals surface area contributed by atoms with Crippen molar-refractivity contribution in [3.05, 3.63) is 11.6 Å². The smallest absolute Gasteiger partial charge is 0.310 e. The minimum Gasteiger partial charge on any atom is -0.481 e. The second-order valence-electron chi connectivity index (χ2n) is 15.0. The van der Waals surface area contributed by atoms with Gasteiger partial charge in [-0.15, -0.1) is 0 Å². The van der Waals surface area contributed by atoms with E-state index < -0.39 is 29.0 Å². The van der Waals surface area contributed by atoms with Crippen LogP contribution in [0.4, 0.5) is 0 Å². The summed E-state index contributed by atoms with van der Waals surface area (Å²) in [4.78, 5) is 25.4. The Hall–Kier alpha value is -1.40. The first kappa shape index (κ1) is 28.1. The molecule has 6 nitrogen and oxygen atoms in total. The highest BCUT2D eigenvalue weighted by Crippen LogP contribution is 2.85. The highest BCUT2D eigenvalue weighted by Gasteiger charge is 2.86. The van der Waals surface area contributed by atoms with Gasteiger partial charge in [0.2, 0.25) is 0 Å². The van der Waals surface area contributed by atoms with Crippen LogP contribution < -0.4 is 0 Å². The number of hydrogen-bond acceptors (Lipinski definition) is 5. The lowest BCUT2D eigenvalue weighted by Gasteiger charge is -2.69. The van der Waals surface area contributed by atoms with E-state index >= 15 is 0 Å². The number of carbonyl (C=O) groups is 2. The molecule has 5 aliphatic carbocycles. The van der Waals surface area contributed by atoms with Gasteiger partial charge in [0.15, 0.2) is 0 Å². The summed E-state index contributed by atoms with van der Waals surface area (Å²) in [6.45, 7) is 14.7. The number of aliphatic hydroxyl groups is 2. The Bertz CT molecular complexity index is 1030. The number of hydrogen-bond donors (Lipinski definition) is 3. The number of carboxylic acids is 1. The summed E-state index contributed by atoms with van der Waals surface area (Å²) in [5.41, 5.74) is -0.946. The van der Waals surface area contributed by atoms with Crippen molar-refractivity contribution < 1.29 is 29.6 Å². The van der Waals surface area contributed by atoms with Crippen molar-refractivity contribution >= 4 is 11.9 Å². The molecule has 0 aromatic rings. The zero-order valence-corrected chi connectivity index (χ0v) is 24.5. The Kier molecular flexibility index (Phi) is 6.52. The average molecular weight is 531 g/mol. The summed E-state index contributed by atoms with van der Waals surface area (Å²) in [7, 11) is 0. The lowest BCUT2D eigenvalue weighted by Crippen LogP contribution is -2.66. The minimum atomic E-state index is -0.936. The Morgan fingerprint density at radius 3 is 2.29 bits per heavy atom. The molecule has 0 bridgehead atoms. The lowest BCUT2D eigenvalue weighted by molar-refractivity contribution is -0.241. The minimum absolute atomic E-state index is 0.0230. The van der Waals surface area contributed by atoms with Gasteiger partial charge < -0.3 is 20.1 Å². The van der Waals surface area contributed by atoms with E-state index in [1.54, 1.807) is 0 Å². The van der Waals surface area contributed by atoms with E-state index in [0.29, 0.717) is 38.0 Å². The first-order valence-corrected chi connectivity index (χ1v) is 15.0. The molecule has 0 aromatic carbocycles. The quantitative estimate of drug-likeness (QED) is 0.309. The van der Waals surface area contributed by atoms with Crippen molar-refractivity contribution in [2.45, 2.75) is 125 Å². The molecule has 38 heavy (non-hydrogen) atoms. The van der Waals surface area contributed by atoms with Crippen LogP contribution in [-0.2, 0) is 14.3 Å². The van der Waals surface area contributed by atoms with Crippen molar-refractivity contribution in [2.75, 3.05) is 0 Å². The van der Waals surface area contributed by atoms with E-state index in [1.807, 2.05) is 13.8 Å². The fraction of sp³-hybridized carbons (Fsp3) is 0.875. The molecule has 214 valence electrons. The van der Waals surface area contributed by atoms with E-state index in [1.165, 1.54) is 12.5 Å². The number of allylic oxidation sites excluding steroid dienone is 2. The number of carbonyl (C=O) groups excluding carboxylic acids is 1. The van der Waals surface area contributed by atoms with Crippen LogP contribution in [0.15, 0.2) is 11.6 Å². The van der Waals surface area contributed by atoms with Crippen LogP contribution in [0.3, 0.4) is 0 Å². The van der Waals surface area contributed by atoms with Crippen molar-refractivity contribution in [2.24, 2.45) is 50.7 Å². The molecule has 3 N–H and O–H groups in total. The molecule has 1 spiro atoms. The normalized spacial score (nSPS) is 52.9.